The third kappa shape index (κ3) is 3.65. The van der Waals surface area contributed by atoms with Crippen molar-refractivity contribution in [1.82, 2.24) is 9.88 Å². The number of aromatic nitrogens is 1. The van der Waals surface area contributed by atoms with E-state index in [2.05, 4.69) is 30.7 Å². The fourth-order valence-corrected chi connectivity index (χ4v) is 3.16. The van der Waals surface area contributed by atoms with Gasteiger partial charge in [0, 0.05) is 36.8 Å². The topological polar surface area (TPSA) is 42.2 Å². The van der Waals surface area contributed by atoms with Crippen molar-refractivity contribution < 1.29 is 0 Å². The Kier molecular flexibility index (Phi) is 4.95. The maximum Gasteiger partial charge on any atom is 0.0897 e. The molecule has 0 saturated carbocycles. The number of halogens is 1. The minimum Gasteiger partial charge on any atom is -0.327 e. The molecule has 5 heteroatoms. The van der Waals surface area contributed by atoms with Gasteiger partial charge in [-0.1, -0.05) is 13.8 Å². The van der Waals surface area contributed by atoms with Crippen LogP contribution in [0.3, 0.4) is 0 Å². The molecule has 1 aromatic rings. The molecule has 0 aromatic carbocycles. The van der Waals surface area contributed by atoms with Crippen molar-refractivity contribution in [2.75, 3.05) is 13.1 Å². The van der Waals surface area contributed by atoms with E-state index in [1.54, 1.807) is 11.3 Å². The summed E-state index contributed by atoms with van der Waals surface area (Å²) in [6.07, 6.45) is 3.10. The van der Waals surface area contributed by atoms with Gasteiger partial charge in [0.25, 0.3) is 0 Å². The number of nitrogens with zero attached hydrogens (tertiary/aromatic N) is 2. The second-order valence-electron chi connectivity index (χ2n) is 5.44. The first-order valence-electron chi connectivity index (χ1n) is 5.86. The van der Waals surface area contributed by atoms with E-state index in [4.69, 9.17) is 5.73 Å². The number of hydrogen-bond donors (Lipinski definition) is 1. The Morgan fingerprint density at radius 3 is 2.82 bits per heavy atom. The Morgan fingerprint density at radius 1 is 1.59 bits per heavy atom. The molecule has 2 N–H and O–H groups in total. The third-order valence-electron chi connectivity index (χ3n) is 3.44. The van der Waals surface area contributed by atoms with Gasteiger partial charge in [0.15, 0.2) is 0 Å². The summed E-state index contributed by atoms with van der Waals surface area (Å²) < 4.78 is 0. The van der Waals surface area contributed by atoms with Crippen LogP contribution in [0.25, 0.3) is 0 Å². The van der Waals surface area contributed by atoms with Crippen LogP contribution >= 0.6 is 23.7 Å². The van der Waals surface area contributed by atoms with Gasteiger partial charge in [-0.3, -0.25) is 4.90 Å². The van der Waals surface area contributed by atoms with E-state index in [1.165, 1.54) is 4.88 Å². The molecular weight excluding hydrogens is 254 g/mol. The largest absolute Gasteiger partial charge is 0.327 e. The fourth-order valence-electron chi connectivity index (χ4n) is 2.32. The highest BCUT2D eigenvalue weighted by Gasteiger charge is 2.33. The van der Waals surface area contributed by atoms with Crippen molar-refractivity contribution in [2.45, 2.75) is 39.8 Å². The van der Waals surface area contributed by atoms with Gasteiger partial charge in [-0.25, -0.2) is 4.98 Å². The number of rotatable bonds is 2. The Morgan fingerprint density at radius 2 is 2.29 bits per heavy atom. The zero-order chi connectivity index (χ0) is 11.8. The van der Waals surface area contributed by atoms with Gasteiger partial charge < -0.3 is 5.73 Å². The summed E-state index contributed by atoms with van der Waals surface area (Å²) in [7, 11) is 0. The number of piperidine rings is 1. The lowest BCUT2D eigenvalue weighted by atomic mass is 9.80. The van der Waals surface area contributed by atoms with Crippen molar-refractivity contribution in [2.24, 2.45) is 11.1 Å². The maximum absolute atomic E-state index is 6.14. The Labute approximate surface area is 114 Å². The van der Waals surface area contributed by atoms with Crippen LogP contribution in [0.4, 0.5) is 0 Å². The van der Waals surface area contributed by atoms with E-state index in [9.17, 15) is 0 Å². The lowest BCUT2D eigenvalue weighted by molar-refractivity contribution is 0.0906. The summed E-state index contributed by atoms with van der Waals surface area (Å²) in [5.74, 6) is 0. The van der Waals surface area contributed by atoms with Gasteiger partial charge in [0.2, 0.25) is 0 Å². The molecule has 0 aliphatic carbocycles. The predicted octanol–water partition coefficient (Wildman–Crippen LogP) is 2.43. The lowest BCUT2D eigenvalue weighted by Crippen LogP contribution is -2.51. The quantitative estimate of drug-likeness (QED) is 0.901. The van der Waals surface area contributed by atoms with Crippen LogP contribution in [0.2, 0.25) is 0 Å². The third-order valence-corrected chi connectivity index (χ3v) is 4.34. The smallest absolute Gasteiger partial charge is 0.0897 e. The van der Waals surface area contributed by atoms with Crippen molar-refractivity contribution in [3.63, 3.8) is 0 Å². The summed E-state index contributed by atoms with van der Waals surface area (Å²) >= 11 is 1.80. The molecule has 0 bridgehead atoms. The molecule has 0 radical (unpaired) electrons. The fraction of sp³-hybridized carbons (Fsp3) is 0.750. The highest BCUT2D eigenvalue weighted by Crippen LogP contribution is 2.29. The first-order chi connectivity index (χ1) is 7.47. The summed E-state index contributed by atoms with van der Waals surface area (Å²) in [5, 5.41) is 1.16. The normalized spacial score (nSPS) is 24.4. The molecule has 2 rings (SSSR count). The molecular formula is C12H22ClN3S. The van der Waals surface area contributed by atoms with Crippen molar-refractivity contribution in [3.8, 4) is 0 Å². The van der Waals surface area contributed by atoms with Crippen LogP contribution in [-0.4, -0.2) is 29.0 Å². The molecule has 1 aromatic heterocycles. The molecule has 3 nitrogen and oxygen atoms in total. The van der Waals surface area contributed by atoms with Crippen LogP contribution < -0.4 is 5.73 Å². The molecule has 1 atom stereocenters. The number of thiazole rings is 1. The van der Waals surface area contributed by atoms with Gasteiger partial charge in [-0.15, -0.1) is 23.7 Å². The minimum atomic E-state index is 0. The van der Waals surface area contributed by atoms with E-state index in [0.717, 1.165) is 31.1 Å². The van der Waals surface area contributed by atoms with E-state index < -0.39 is 0 Å². The van der Waals surface area contributed by atoms with Crippen LogP contribution in [-0.2, 0) is 6.54 Å². The van der Waals surface area contributed by atoms with Crippen LogP contribution in [0.1, 0.15) is 30.2 Å². The number of likely N-dealkylation sites (tertiary alicyclic amines) is 1. The Hall–Kier alpha value is -0.160. The second-order valence-corrected chi connectivity index (χ2v) is 6.76. The number of hydrogen-bond acceptors (Lipinski definition) is 4. The zero-order valence-corrected chi connectivity index (χ0v) is 12.4. The SMILES string of the molecule is Cc1ncc(CN2CCC(N)C(C)(C)C2)s1.Cl. The lowest BCUT2D eigenvalue weighted by Gasteiger charge is -2.42. The highest BCUT2D eigenvalue weighted by atomic mass is 35.5. The van der Waals surface area contributed by atoms with Gasteiger partial charge in [0.1, 0.15) is 0 Å². The number of nitrogens with two attached hydrogens (primary N) is 1. The molecule has 0 amide bonds. The molecule has 1 fully saturated rings. The monoisotopic (exact) mass is 275 g/mol. The maximum atomic E-state index is 6.14. The molecule has 98 valence electrons. The zero-order valence-electron chi connectivity index (χ0n) is 10.8. The Balaban J connectivity index is 0.00000144. The van der Waals surface area contributed by atoms with Crippen molar-refractivity contribution >= 4 is 23.7 Å². The molecule has 2 heterocycles. The summed E-state index contributed by atoms with van der Waals surface area (Å²) in [6.45, 7) is 9.82. The van der Waals surface area contributed by atoms with Gasteiger partial charge in [-0.2, -0.15) is 0 Å². The number of aryl methyl sites for hydroxylation is 1. The van der Waals surface area contributed by atoms with Crippen molar-refractivity contribution in [3.05, 3.63) is 16.1 Å². The molecule has 1 aliphatic rings. The predicted molar refractivity (Wildman–Crippen MR) is 75.7 cm³/mol. The molecule has 0 spiro atoms. The first kappa shape index (κ1) is 14.9. The van der Waals surface area contributed by atoms with E-state index in [-0.39, 0.29) is 17.8 Å². The minimum absolute atomic E-state index is 0. The highest BCUT2D eigenvalue weighted by molar-refractivity contribution is 7.11. The van der Waals surface area contributed by atoms with Crippen LogP contribution in [0.15, 0.2) is 6.20 Å². The first-order valence-corrected chi connectivity index (χ1v) is 6.68. The summed E-state index contributed by atoms with van der Waals surface area (Å²) in [5.41, 5.74) is 6.37. The summed E-state index contributed by atoms with van der Waals surface area (Å²) in [6, 6.07) is 0.340. The van der Waals surface area contributed by atoms with E-state index in [1.807, 2.05) is 6.20 Å². The van der Waals surface area contributed by atoms with E-state index >= 15 is 0 Å². The van der Waals surface area contributed by atoms with Gasteiger partial charge in [0.05, 0.1) is 5.01 Å². The van der Waals surface area contributed by atoms with Gasteiger partial charge >= 0.3 is 0 Å². The Bertz CT molecular complexity index is 364. The molecule has 1 aliphatic heterocycles. The second kappa shape index (κ2) is 5.65. The van der Waals surface area contributed by atoms with E-state index in [0.29, 0.717) is 6.04 Å². The standard InChI is InChI=1S/C12H21N3S.ClH/c1-9-14-6-10(16-9)7-15-5-4-11(13)12(2,3)8-15;/h6,11H,4-5,7-8,13H2,1-3H3;1H. The van der Waals surface area contributed by atoms with Crippen molar-refractivity contribution in [1.29, 1.82) is 0 Å². The van der Waals surface area contributed by atoms with Crippen LogP contribution in [0, 0.1) is 12.3 Å². The van der Waals surface area contributed by atoms with Gasteiger partial charge in [-0.05, 0) is 18.8 Å². The molecule has 17 heavy (non-hydrogen) atoms. The molecule has 1 saturated heterocycles. The average molecular weight is 276 g/mol. The van der Waals surface area contributed by atoms with Crippen LogP contribution in [0.5, 0.6) is 0 Å². The average Bonchev–Trinajstić information content (AvgIpc) is 2.57. The summed E-state index contributed by atoms with van der Waals surface area (Å²) in [4.78, 5) is 8.16. The molecule has 1 unspecified atom stereocenters.